The number of phosphoric ester groups is 1. The smallest absolute Gasteiger partial charge is 0.463 e. The summed E-state index contributed by atoms with van der Waals surface area (Å²) in [5.74, 6) is -0.562. The van der Waals surface area contributed by atoms with E-state index in [4.69, 9.17) is 13.8 Å². The highest BCUT2D eigenvalue weighted by Gasteiger charge is 2.23. The van der Waals surface area contributed by atoms with Crippen molar-refractivity contribution in [3.8, 4) is 0 Å². The van der Waals surface area contributed by atoms with Gasteiger partial charge < -0.3 is 20.1 Å². The molecule has 2 atom stereocenters. The van der Waals surface area contributed by atoms with Crippen molar-refractivity contribution >= 4 is 19.7 Å². The minimum Gasteiger partial charge on any atom is -0.463 e. The van der Waals surface area contributed by atoms with E-state index in [-0.39, 0.29) is 32.1 Å². The predicted octanol–water partition coefficient (Wildman–Crippen LogP) is 6.70. The quantitative estimate of drug-likeness (QED) is 0.0419. The summed E-state index contributed by atoms with van der Waals surface area (Å²) in [4.78, 5) is 33.3. The summed E-state index contributed by atoms with van der Waals surface area (Å²) in [7, 11) is -4.40. The van der Waals surface area contributed by atoms with Gasteiger partial charge in [-0.2, -0.15) is 0 Å². The Morgan fingerprint density at radius 1 is 0.800 bits per heavy atom. The zero-order chi connectivity index (χ0) is 29.7. The number of ether oxygens (including phenoxy) is 1. The Balaban J connectivity index is 3.74. The van der Waals surface area contributed by atoms with Crippen LogP contribution in [0.4, 0.5) is 0 Å². The molecule has 1 amide bonds. The molecular weight excluding hydrogens is 533 g/mol. The molecule has 3 N–H and O–H groups in total. The lowest BCUT2D eigenvalue weighted by atomic mass is 10.1. The number of allylic oxidation sites excluding steroid dienone is 6. The lowest BCUT2D eigenvalue weighted by Crippen LogP contribution is -2.27. The fourth-order valence-corrected chi connectivity index (χ4v) is 4.32. The Morgan fingerprint density at radius 3 is 2.15 bits per heavy atom. The first kappa shape index (κ1) is 38.2. The van der Waals surface area contributed by atoms with Crippen LogP contribution in [0.25, 0.3) is 0 Å². The van der Waals surface area contributed by atoms with E-state index in [1.165, 1.54) is 19.3 Å². The van der Waals surface area contributed by atoms with Crippen molar-refractivity contribution < 1.29 is 37.9 Å². The number of unbranched alkanes of at least 4 members (excludes halogenated alkanes) is 8. The highest BCUT2D eigenvalue weighted by molar-refractivity contribution is 7.47. The minimum atomic E-state index is -4.40. The molecule has 40 heavy (non-hydrogen) atoms. The average Bonchev–Trinajstić information content (AvgIpc) is 2.93. The second-order valence-electron chi connectivity index (χ2n) is 9.70. The van der Waals surface area contributed by atoms with E-state index in [0.717, 1.165) is 57.8 Å². The van der Waals surface area contributed by atoms with E-state index in [9.17, 15) is 24.2 Å². The zero-order valence-corrected chi connectivity index (χ0v) is 25.7. The van der Waals surface area contributed by atoms with Crippen molar-refractivity contribution in [2.24, 2.45) is 0 Å². The number of aliphatic hydroxyl groups excluding tert-OH is 1. The monoisotopic (exact) mass is 587 g/mol. The number of aliphatic hydroxyl groups is 1. The number of amides is 1. The summed E-state index contributed by atoms with van der Waals surface area (Å²) in [5, 5.41) is 12.5. The van der Waals surface area contributed by atoms with E-state index in [1.807, 2.05) is 0 Å². The zero-order valence-electron chi connectivity index (χ0n) is 24.8. The van der Waals surface area contributed by atoms with Gasteiger partial charge in [0.05, 0.1) is 13.2 Å². The second kappa shape index (κ2) is 27.4. The molecule has 0 spiro atoms. The Hall–Kier alpha value is -1.77. The van der Waals surface area contributed by atoms with Crippen molar-refractivity contribution in [2.75, 3.05) is 26.4 Å². The molecule has 0 aliphatic carbocycles. The molecule has 0 aromatic heterocycles. The van der Waals surface area contributed by atoms with Crippen LogP contribution < -0.4 is 5.32 Å². The lowest BCUT2D eigenvalue weighted by Gasteiger charge is -2.15. The topological polar surface area (TPSA) is 131 Å². The van der Waals surface area contributed by atoms with Crippen molar-refractivity contribution in [2.45, 2.75) is 116 Å². The van der Waals surface area contributed by atoms with Crippen LogP contribution in [0.1, 0.15) is 110 Å². The first-order valence-corrected chi connectivity index (χ1v) is 16.5. The maximum absolute atomic E-state index is 11.9. The number of hydrogen-bond acceptors (Lipinski definition) is 7. The molecule has 0 saturated heterocycles. The fourth-order valence-electron chi connectivity index (χ4n) is 3.57. The second-order valence-corrected chi connectivity index (χ2v) is 11.1. The van der Waals surface area contributed by atoms with Gasteiger partial charge in [-0.1, -0.05) is 88.8 Å². The summed E-state index contributed by atoms with van der Waals surface area (Å²) >= 11 is 0. The van der Waals surface area contributed by atoms with Crippen molar-refractivity contribution in [1.82, 2.24) is 5.32 Å². The Morgan fingerprint density at radius 2 is 1.43 bits per heavy atom. The molecule has 9 nitrogen and oxygen atoms in total. The normalized spacial score (nSPS) is 14.2. The molecule has 0 aliphatic rings. The standard InChI is InChI=1S/C30H54NO8P/c1-3-5-7-9-11-12-13-14-15-16-17-19-21-23-30(34)37-26-28(32)27-39-40(35,36)38-25-24-31-29(33)22-20-18-10-8-6-4-2/h5,7,11-12,14-15,28,32H,3-4,6,8-10,13,16-27H2,1-2H3,(H,31,33)(H,35,36)/b7-5-,12-11-,15-14-. The van der Waals surface area contributed by atoms with E-state index >= 15 is 0 Å². The number of rotatable bonds is 27. The van der Waals surface area contributed by atoms with Crippen LogP contribution in [-0.2, 0) is 27.9 Å². The maximum atomic E-state index is 11.9. The molecule has 0 aliphatic heterocycles. The van der Waals surface area contributed by atoms with Crippen LogP contribution in [-0.4, -0.2) is 54.3 Å². The first-order chi connectivity index (χ1) is 19.3. The molecule has 0 bridgehead atoms. The molecule has 0 aromatic rings. The third kappa shape index (κ3) is 27.8. The van der Waals surface area contributed by atoms with Gasteiger partial charge in [0.25, 0.3) is 0 Å². The molecule has 0 aromatic carbocycles. The third-order valence-electron chi connectivity index (χ3n) is 5.83. The van der Waals surface area contributed by atoms with Gasteiger partial charge in [-0.15, -0.1) is 0 Å². The average molecular weight is 588 g/mol. The highest BCUT2D eigenvalue weighted by atomic mass is 31.2. The number of carbonyl (C=O) groups excluding carboxylic acids is 2. The predicted molar refractivity (Wildman–Crippen MR) is 160 cm³/mol. The molecule has 10 heteroatoms. The van der Waals surface area contributed by atoms with Gasteiger partial charge in [0.2, 0.25) is 5.91 Å². The highest BCUT2D eigenvalue weighted by Crippen LogP contribution is 2.42. The van der Waals surface area contributed by atoms with E-state index < -0.39 is 26.5 Å². The van der Waals surface area contributed by atoms with Gasteiger partial charge >= 0.3 is 13.8 Å². The number of hydrogen-bond donors (Lipinski definition) is 3. The van der Waals surface area contributed by atoms with Crippen LogP contribution in [0.2, 0.25) is 0 Å². The molecular formula is C30H54NO8P. The van der Waals surface area contributed by atoms with Gasteiger partial charge in [0, 0.05) is 19.4 Å². The largest absolute Gasteiger partial charge is 0.472 e. The maximum Gasteiger partial charge on any atom is 0.472 e. The van der Waals surface area contributed by atoms with E-state index in [1.54, 1.807) is 0 Å². The van der Waals surface area contributed by atoms with Crippen LogP contribution in [0.5, 0.6) is 0 Å². The SMILES string of the molecule is CC/C=C\C/C=C\C/C=C\CCCCCC(=O)OCC(O)COP(=O)(O)OCCNC(=O)CCCCCCCC. The molecule has 0 fully saturated rings. The van der Waals surface area contributed by atoms with Gasteiger partial charge in [-0.25, -0.2) is 4.57 Å². The van der Waals surface area contributed by atoms with Crippen LogP contribution in [0.15, 0.2) is 36.5 Å². The number of esters is 1. The molecule has 0 saturated carbocycles. The molecule has 0 radical (unpaired) electrons. The summed E-state index contributed by atoms with van der Waals surface area (Å²) in [6.45, 7) is 3.29. The Bertz CT molecular complexity index is 769. The summed E-state index contributed by atoms with van der Waals surface area (Å²) in [6.07, 6.45) is 25.3. The van der Waals surface area contributed by atoms with E-state index in [0.29, 0.717) is 12.8 Å². The van der Waals surface area contributed by atoms with Crippen LogP contribution in [0.3, 0.4) is 0 Å². The van der Waals surface area contributed by atoms with Crippen LogP contribution >= 0.6 is 7.82 Å². The summed E-state index contributed by atoms with van der Waals surface area (Å²) in [6, 6.07) is 0. The van der Waals surface area contributed by atoms with Gasteiger partial charge in [0.15, 0.2) is 0 Å². The van der Waals surface area contributed by atoms with Gasteiger partial charge in [-0.3, -0.25) is 18.6 Å². The molecule has 0 heterocycles. The number of nitrogens with one attached hydrogen (secondary N) is 1. The minimum absolute atomic E-state index is 0.0770. The first-order valence-electron chi connectivity index (χ1n) is 15.0. The molecule has 232 valence electrons. The lowest BCUT2D eigenvalue weighted by molar-refractivity contribution is -0.147. The fraction of sp³-hybridized carbons (Fsp3) is 0.733. The van der Waals surface area contributed by atoms with Crippen LogP contribution in [0, 0.1) is 0 Å². The number of phosphoric acid groups is 1. The third-order valence-corrected chi connectivity index (χ3v) is 6.82. The summed E-state index contributed by atoms with van der Waals surface area (Å²) in [5.41, 5.74) is 0. The van der Waals surface area contributed by atoms with Crippen molar-refractivity contribution in [1.29, 1.82) is 0 Å². The van der Waals surface area contributed by atoms with Gasteiger partial charge in [0.1, 0.15) is 12.7 Å². The molecule has 2 unspecified atom stereocenters. The van der Waals surface area contributed by atoms with Gasteiger partial charge in [-0.05, 0) is 44.9 Å². The number of carbonyl (C=O) groups is 2. The Labute approximate surface area is 242 Å². The van der Waals surface area contributed by atoms with Crippen molar-refractivity contribution in [3.05, 3.63) is 36.5 Å². The summed E-state index contributed by atoms with van der Waals surface area (Å²) < 4.78 is 26.5. The van der Waals surface area contributed by atoms with E-state index in [2.05, 4.69) is 55.6 Å². The Kier molecular flexibility index (Phi) is 26.2. The van der Waals surface area contributed by atoms with Crippen molar-refractivity contribution in [3.63, 3.8) is 0 Å². The molecule has 0 rings (SSSR count).